The third-order valence-corrected chi connectivity index (χ3v) is 12.7. The molecule has 0 aromatic heterocycles. The van der Waals surface area contributed by atoms with Crippen molar-refractivity contribution in [1.29, 1.82) is 0 Å². The zero-order valence-electron chi connectivity index (χ0n) is 41.9. The Balaban J connectivity index is 3.94. The molecule has 0 rings (SSSR count). The monoisotopic (exact) mass is 921 g/mol. The van der Waals surface area contributed by atoms with Crippen molar-refractivity contribution in [3.05, 3.63) is 48.6 Å². The summed E-state index contributed by atoms with van der Waals surface area (Å²) in [7, 11) is -4.29. The molecule has 2 atom stereocenters. The zero-order valence-corrected chi connectivity index (χ0v) is 42.8. The minimum absolute atomic E-state index is 0.0000210. The highest BCUT2D eigenvalue weighted by Crippen LogP contribution is 2.43. The molecule has 0 radical (unpaired) electrons. The van der Waals surface area contributed by atoms with Crippen molar-refractivity contribution in [1.82, 2.24) is 0 Å². The molecule has 2 unspecified atom stereocenters. The van der Waals surface area contributed by atoms with Gasteiger partial charge in [-0.05, 0) is 58.3 Å². The van der Waals surface area contributed by atoms with Gasteiger partial charge in [-0.15, -0.1) is 0 Å². The Morgan fingerprint density at radius 2 is 0.797 bits per heavy atom. The van der Waals surface area contributed by atoms with Gasteiger partial charge in [0.05, 0.1) is 13.2 Å². The summed E-state index contributed by atoms with van der Waals surface area (Å²) >= 11 is 0. The first-order valence-electron chi connectivity index (χ1n) is 26.9. The normalized spacial score (nSPS) is 13.5. The van der Waals surface area contributed by atoms with Crippen LogP contribution in [0, 0.1) is 0 Å². The van der Waals surface area contributed by atoms with Crippen molar-refractivity contribution < 1.29 is 37.6 Å². The maximum Gasteiger partial charge on any atom is 0.472 e. The Hall–Kier alpha value is -1.99. The van der Waals surface area contributed by atoms with Crippen molar-refractivity contribution in [2.24, 2.45) is 0 Å². The topological polar surface area (TPSA) is 108 Å². The van der Waals surface area contributed by atoms with Crippen LogP contribution in [-0.4, -0.2) is 42.8 Å². The van der Waals surface area contributed by atoms with Crippen LogP contribution in [0.3, 0.4) is 0 Å². The second-order valence-electron chi connectivity index (χ2n) is 17.9. The fourth-order valence-corrected chi connectivity index (χ4v) is 8.50. The van der Waals surface area contributed by atoms with Crippen LogP contribution in [0.1, 0.15) is 265 Å². The average molecular weight is 921 g/mol. The van der Waals surface area contributed by atoms with Crippen molar-refractivity contribution in [3.63, 3.8) is 0 Å². The Labute approximate surface area is 395 Å². The summed E-state index contributed by atoms with van der Waals surface area (Å²) in [5.41, 5.74) is 0. The van der Waals surface area contributed by atoms with Crippen LogP contribution < -0.4 is 0 Å². The number of hydrogen-bond acceptors (Lipinski definition) is 7. The number of phosphoric ester groups is 1. The molecule has 0 fully saturated rings. The van der Waals surface area contributed by atoms with Crippen molar-refractivity contribution in [3.8, 4) is 0 Å². The first-order valence-corrected chi connectivity index (χ1v) is 28.4. The summed E-state index contributed by atoms with van der Waals surface area (Å²) in [6.07, 6.45) is 61.8. The van der Waals surface area contributed by atoms with Crippen LogP contribution in [0.5, 0.6) is 0 Å². The summed E-state index contributed by atoms with van der Waals surface area (Å²) in [6.45, 7) is 5.41. The molecule has 0 aromatic rings. The molecule has 0 saturated carbocycles. The zero-order chi connectivity index (χ0) is 46.7. The van der Waals surface area contributed by atoms with Gasteiger partial charge in [0.25, 0.3) is 0 Å². The molecular formula is C55H101O8P. The van der Waals surface area contributed by atoms with Gasteiger partial charge in [-0.2, -0.15) is 0 Å². The van der Waals surface area contributed by atoms with Crippen LogP contribution in [0.4, 0.5) is 0 Å². The van der Waals surface area contributed by atoms with E-state index in [0.29, 0.717) is 12.8 Å². The highest BCUT2D eigenvalue weighted by atomic mass is 31.2. The van der Waals surface area contributed by atoms with Gasteiger partial charge >= 0.3 is 19.8 Å². The molecule has 0 aliphatic rings. The van der Waals surface area contributed by atoms with Crippen LogP contribution in [0.25, 0.3) is 0 Å². The van der Waals surface area contributed by atoms with Gasteiger partial charge in [-0.25, -0.2) is 4.57 Å². The van der Waals surface area contributed by atoms with E-state index in [1.165, 1.54) is 154 Å². The second-order valence-corrected chi connectivity index (χ2v) is 19.3. The van der Waals surface area contributed by atoms with E-state index in [-0.39, 0.29) is 25.6 Å². The lowest BCUT2D eigenvalue weighted by atomic mass is 10.0. The van der Waals surface area contributed by atoms with Crippen LogP contribution in [0.15, 0.2) is 48.6 Å². The summed E-state index contributed by atoms with van der Waals surface area (Å²) in [5.74, 6) is -0.791. The second kappa shape index (κ2) is 50.4. The fraction of sp³-hybridized carbons (Fsp3) is 0.818. The molecule has 1 N–H and O–H groups in total. The summed E-state index contributed by atoms with van der Waals surface area (Å²) in [6, 6.07) is 0. The van der Waals surface area contributed by atoms with E-state index < -0.39 is 26.5 Å². The number of carbonyl (C=O) groups excluding carboxylic acids is 2. The van der Waals surface area contributed by atoms with Crippen molar-refractivity contribution in [2.75, 3.05) is 19.8 Å². The number of esters is 2. The van der Waals surface area contributed by atoms with E-state index in [0.717, 1.165) is 70.6 Å². The van der Waals surface area contributed by atoms with Crippen LogP contribution in [0.2, 0.25) is 0 Å². The van der Waals surface area contributed by atoms with Gasteiger partial charge < -0.3 is 14.4 Å². The van der Waals surface area contributed by atoms with Crippen LogP contribution >= 0.6 is 7.82 Å². The minimum atomic E-state index is -4.29. The molecule has 0 bridgehead atoms. The predicted molar refractivity (Wildman–Crippen MR) is 272 cm³/mol. The lowest BCUT2D eigenvalue weighted by Gasteiger charge is -2.19. The van der Waals surface area contributed by atoms with Gasteiger partial charge in [-0.1, -0.05) is 242 Å². The van der Waals surface area contributed by atoms with Crippen molar-refractivity contribution >= 4 is 19.8 Å². The SMILES string of the molecule is CC/C=C\C/C=C\C/C=C\C/C=C\CCCCCCCCCCCCC(=O)OC(COC(=O)CCCCCCCCCCCCCCCCCCCCCCC)COP(=O)(O)OCC. The standard InChI is InChI=1S/C55H101O8P/c1-4-7-9-11-13-15-17-19-21-23-25-27-28-30-32-34-36-38-40-42-44-46-48-50-55(57)63-53(52-62-64(58,59)61-6-3)51-60-54(56)49-47-45-43-41-39-37-35-33-31-29-26-24-22-20-18-16-14-12-10-8-5-2/h7,9,13,15,19,21,25,27,53H,4-6,8,10-12,14,16-18,20,22-24,26,28-52H2,1-3H3,(H,58,59)/b9-7-,15-13-,21-19-,27-25-. The molecule has 0 heterocycles. The number of allylic oxidation sites excluding steroid dienone is 8. The molecule has 8 nitrogen and oxygen atoms in total. The summed E-state index contributed by atoms with van der Waals surface area (Å²) < 4.78 is 32.9. The largest absolute Gasteiger partial charge is 0.472 e. The van der Waals surface area contributed by atoms with E-state index in [1.54, 1.807) is 6.92 Å². The Morgan fingerprint density at radius 3 is 1.20 bits per heavy atom. The Bertz CT molecular complexity index is 1180. The number of rotatable bonds is 50. The van der Waals surface area contributed by atoms with Gasteiger partial charge in [0, 0.05) is 12.8 Å². The maximum atomic E-state index is 12.6. The fourth-order valence-electron chi connectivity index (χ4n) is 7.74. The molecule has 374 valence electrons. The minimum Gasteiger partial charge on any atom is -0.462 e. The molecule has 0 spiro atoms. The Morgan fingerprint density at radius 1 is 0.438 bits per heavy atom. The molecular weight excluding hydrogens is 820 g/mol. The first-order chi connectivity index (χ1) is 31.3. The summed E-state index contributed by atoms with van der Waals surface area (Å²) in [5, 5.41) is 0. The predicted octanol–water partition coefficient (Wildman–Crippen LogP) is 17.7. The molecule has 0 aliphatic heterocycles. The van der Waals surface area contributed by atoms with Gasteiger partial charge in [0.15, 0.2) is 6.10 Å². The summed E-state index contributed by atoms with van der Waals surface area (Å²) in [4.78, 5) is 35.0. The smallest absolute Gasteiger partial charge is 0.462 e. The molecule has 9 heteroatoms. The number of ether oxygens (including phenoxy) is 2. The van der Waals surface area contributed by atoms with E-state index in [1.807, 2.05) is 0 Å². The highest BCUT2D eigenvalue weighted by molar-refractivity contribution is 7.47. The van der Waals surface area contributed by atoms with Gasteiger partial charge in [0.1, 0.15) is 6.61 Å². The third-order valence-electron chi connectivity index (χ3n) is 11.6. The van der Waals surface area contributed by atoms with Crippen LogP contribution in [-0.2, 0) is 32.7 Å². The third kappa shape index (κ3) is 49.4. The van der Waals surface area contributed by atoms with Gasteiger partial charge in [-0.3, -0.25) is 18.6 Å². The highest BCUT2D eigenvalue weighted by Gasteiger charge is 2.25. The van der Waals surface area contributed by atoms with E-state index in [2.05, 4.69) is 62.5 Å². The van der Waals surface area contributed by atoms with E-state index in [9.17, 15) is 19.0 Å². The Kier molecular flexibility index (Phi) is 48.9. The number of hydrogen-bond donors (Lipinski definition) is 1. The first kappa shape index (κ1) is 62.0. The lowest BCUT2D eigenvalue weighted by Crippen LogP contribution is -2.29. The molecule has 0 saturated heterocycles. The number of phosphoric acid groups is 1. The van der Waals surface area contributed by atoms with E-state index >= 15 is 0 Å². The number of carbonyl (C=O) groups is 2. The molecule has 0 aliphatic carbocycles. The lowest BCUT2D eigenvalue weighted by molar-refractivity contribution is -0.161. The molecule has 0 aromatic carbocycles. The average Bonchev–Trinajstić information content (AvgIpc) is 3.28. The quantitative estimate of drug-likeness (QED) is 0.0278. The maximum absolute atomic E-state index is 12.6. The molecule has 0 amide bonds. The van der Waals surface area contributed by atoms with E-state index in [4.69, 9.17) is 18.5 Å². The number of unbranched alkanes of at least 4 members (excludes halogenated alkanes) is 30. The van der Waals surface area contributed by atoms with Crippen molar-refractivity contribution in [2.45, 2.75) is 271 Å². The molecule has 64 heavy (non-hydrogen) atoms. The van der Waals surface area contributed by atoms with Gasteiger partial charge in [0.2, 0.25) is 0 Å².